The van der Waals surface area contributed by atoms with Gasteiger partial charge in [0.15, 0.2) is 0 Å². The largest absolute Gasteiger partial charge is 0.496 e. The lowest BCUT2D eigenvalue weighted by atomic mass is 9.68. The average Bonchev–Trinajstić information content (AvgIpc) is 2.55. The van der Waals surface area contributed by atoms with E-state index >= 15 is 0 Å². The summed E-state index contributed by atoms with van der Waals surface area (Å²) in [5, 5.41) is 0. The summed E-state index contributed by atoms with van der Waals surface area (Å²) in [6, 6.07) is 12.5. The van der Waals surface area contributed by atoms with Crippen molar-refractivity contribution in [3.05, 3.63) is 58.7 Å². The third-order valence-electron chi connectivity index (χ3n) is 5.18. The van der Waals surface area contributed by atoms with Gasteiger partial charge in [-0.3, -0.25) is 4.79 Å². The molecular weight excluding hydrogens is 312 g/mol. The van der Waals surface area contributed by atoms with Crippen LogP contribution in [0, 0.1) is 19.8 Å². The molecule has 0 spiro atoms. The van der Waals surface area contributed by atoms with Gasteiger partial charge in [0.25, 0.3) is 0 Å². The zero-order valence-electron chi connectivity index (χ0n) is 16.3. The Morgan fingerprint density at radius 1 is 0.960 bits per heavy atom. The minimum Gasteiger partial charge on any atom is -0.496 e. The first-order chi connectivity index (χ1) is 11.7. The van der Waals surface area contributed by atoms with Crippen LogP contribution in [-0.4, -0.2) is 13.1 Å². The second-order valence-electron chi connectivity index (χ2n) is 7.12. The molecule has 0 heterocycles. The molecule has 1 unspecified atom stereocenters. The van der Waals surface area contributed by atoms with E-state index in [1.165, 1.54) is 18.1 Å². The van der Waals surface area contributed by atoms with Crippen molar-refractivity contribution in [3.63, 3.8) is 0 Å². The van der Waals surface area contributed by atoms with Crippen LogP contribution < -0.4 is 9.47 Å². The van der Waals surface area contributed by atoms with E-state index in [0.717, 1.165) is 16.9 Å². The molecule has 0 aliphatic carbocycles. The smallest absolute Gasteiger partial charge is 0.308 e. The highest BCUT2D eigenvalue weighted by molar-refractivity contribution is 5.70. The molecule has 0 radical (unpaired) electrons. The quantitative estimate of drug-likeness (QED) is 0.554. The maximum atomic E-state index is 11.2. The zero-order chi connectivity index (χ0) is 18.8. The normalized spacial score (nSPS) is 13.4. The lowest BCUT2D eigenvalue weighted by Gasteiger charge is -2.36. The molecule has 0 saturated carbocycles. The van der Waals surface area contributed by atoms with Crippen LogP contribution in [0.2, 0.25) is 0 Å². The van der Waals surface area contributed by atoms with Crippen molar-refractivity contribution in [1.82, 2.24) is 0 Å². The monoisotopic (exact) mass is 340 g/mol. The number of carbonyl (C=O) groups excluding carboxylic acids is 1. The summed E-state index contributed by atoms with van der Waals surface area (Å²) in [6.07, 6.45) is 0. The number of rotatable bonds is 5. The van der Waals surface area contributed by atoms with Gasteiger partial charge in [0.2, 0.25) is 0 Å². The summed E-state index contributed by atoms with van der Waals surface area (Å²) >= 11 is 0. The van der Waals surface area contributed by atoms with E-state index in [-0.39, 0.29) is 11.4 Å². The predicted octanol–water partition coefficient (Wildman–Crippen LogP) is 5.20. The van der Waals surface area contributed by atoms with E-state index < -0.39 is 0 Å². The molecule has 0 aliphatic rings. The molecule has 134 valence electrons. The van der Waals surface area contributed by atoms with Crippen LogP contribution in [0.15, 0.2) is 36.4 Å². The topological polar surface area (TPSA) is 35.5 Å². The molecule has 3 nitrogen and oxygen atoms in total. The Morgan fingerprint density at radius 2 is 1.44 bits per heavy atom. The van der Waals surface area contributed by atoms with Gasteiger partial charge in [-0.05, 0) is 54.2 Å². The third-order valence-corrected chi connectivity index (χ3v) is 5.18. The molecule has 2 aromatic rings. The van der Waals surface area contributed by atoms with Crippen LogP contribution >= 0.6 is 0 Å². The summed E-state index contributed by atoms with van der Waals surface area (Å²) < 4.78 is 10.7. The van der Waals surface area contributed by atoms with Crippen molar-refractivity contribution in [2.45, 2.75) is 47.0 Å². The first-order valence-corrected chi connectivity index (χ1v) is 8.64. The molecule has 0 amide bonds. The van der Waals surface area contributed by atoms with Gasteiger partial charge in [0, 0.05) is 12.3 Å². The van der Waals surface area contributed by atoms with Gasteiger partial charge in [-0.2, -0.15) is 0 Å². The molecule has 0 aliphatic heterocycles. The molecule has 0 fully saturated rings. The number of hydrogen-bond donors (Lipinski definition) is 0. The predicted molar refractivity (Wildman–Crippen MR) is 102 cm³/mol. The minimum atomic E-state index is -0.298. The fraction of sp³-hybridized carbons (Fsp3) is 0.409. The fourth-order valence-corrected chi connectivity index (χ4v) is 3.28. The highest BCUT2D eigenvalue weighted by Gasteiger charge is 2.33. The Balaban J connectivity index is 2.55. The number of carbonyl (C=O) groups is 1. The van der Waals surface area contributed by atoms with Crippen molar-refractivity contribution in [2.75, 3.05) is 7.11 Å². The summed E-state index contributed by atoms with van der Waals surface area (Å²) in [6.45, 7) is 12.2. The molecule has 0 bridgehead atoms. The maximum Gasteiger partial charge on any atom is 0.308 e. The molecule has 0 saturated heterocycles. The van der Waals surface area contributed by atoms with Crippen LogP contribution in [0.5, 0.6) is 11.5 Å². The number of hydrogen-bond acceptors (Lipinski definition) is 3. The average molecular weight is 340 g/mol. The van der Waals surface area contributed by atoms with E-state index in [4.69, 9.17) is 9.47 Å². The second-order valence-corrected chi connectivity index (χ2v) is 7.12. The number of esters is 1. The molecule has 2 rings (SSSR count). The van der Waals surface area contributed by atoms with Gasteiger partial charge >= 0.3 is 5.97 Å². The van der Waals surface area contributed by atoms with Gasteiger partial charge in [0.1, 0.15) is 11.5 Å². The standard InChI is InChI=1S/C22H28O3/c1-14(2)22(6,18-8-10-20(24-7)15(3)12-18)19-9-11-21(16(4)13-19)25-17(5)23/h8-14H,1-7H3. The van der Waals surface area contributed by atoms with E-state index in [1.54, 1.807) is 7.11 Å². The first kappa shape index (κ1) is 19.0. The van der Waals surface area contributed by atoms with Gasteiger partial charge in [-0.1, -0.05) is 45.0 Å². The molecular formula is C22H28O3. The molecule has 0 aromatic heterocycles. The van der Waals surface area contributed by atoms with Gasteiger partial charge in [-0.15, -0.1) is 0 Å². The van der Waals surface area contributed by atoms with Crippen molar-refractivity contribution >= 4 is 5.97 Å². The molecule has 3 heteroatoms. The van der Waals surface area contributed by atoms with Crippen LogP contribution in [-0.2, 0) is 10.2 Å². The summed E-state index contributed by atoms with van der Waals surface area (Å²) in [4.78, 5) is 11.2. The fourth-order valence-electron chi connectivity index (χ4n) is 3.28. The summed E-state index contributed by atoms with van der Waals surface area (Å²) in [5.41, 5.74) is 4.39. The number of ether oxygens (including phenoxy) is 2. The summed E-state index contributed by atoms with van der Waals surface area (Å²) in [7, 11) is 1.70. The van der Waals surface area contributed by atoms with E-state index in [9.17, 15) is 4.79 Å². The number of benzene rings is 2. The lowest BCUT2D eigenvalue weighted by molar-refractivity contribution is -0.131. The van der Waals surface area contributed by atoms with E-state index in [2.05, 4.69) is 52.0 Å². The molecule has 25 heavy (non-hydrogen) atoms. The first-order valence-electron chi connectivity index (χ1n) is 8.64. The summed E-state index contributed by atoms with van der Waals surface area (Å²) in [5.74, 6) is 1.61. The van der Waals surface area contributed by atoms with Gasteiger partial charge in [-0.25, -0.2) is 0 Å². The van der Waals surface area contributed by atoms with E-state index in [1.807, 2.05) is 19.1 Å². The SMILES string of the molecule is COc1ccc(C(C)(c2ccc(OC(C)=O)c(C)c2)C(C)C)cc1C. The highest BCUT2D eigenvalue weighted by atomic mass is 16.5. The van der Waals surface area contributed by atoms with Crippen molar-refractivity contribution in [3.8, 4) is 11.5 Å². The Morgan fingerprint density at radius 3 is 1.80 bits per heavy atom. The van der Waals surface area contributed by atoms with Crippen LogP contribution in [0.1, 0.15) is 49.9 Å². The third kappa shape index (κ3) is 3.71. The maximum absolute atomic E-state index is 11.2. The highest BCUT2D eigenvalue weighted by Crippen LogP contribution is 2.41. The van der Waals surface area contributed by atoms with E-state index in [0.29, 0.717) is 11.7 Å². The van der Waals surface area contributed by atoms with Gasteiger partial charge < -0.3 is 9.47 Å². The van der Waals surface area contributed by atoms with Crippen LogP contribution in [0.3, 0.4) is 0 Å². The molecule has 1 atom stereocenters. The van der Waals surface area contributed by atoms with Crippen molar-refractivity contribution in [2.24, 2.45) is 5.92 Å². The molecule has 2 aromatic carbocycles. The van der Waals surface area contributed by atoms with Crippen molar-refractivity contribution < 1.29 is 14.3 Å². The minimum absolute atomic E-state index is 0.156. The Bertz CT molecular complexity index is 777. The van der Waals surface area contributed by atoms with Crippen LogP contribution in [0.25, 0.3) is 0 Å². The number of methoxy groups -OCH3 is 1. The van der Waals surface area contributed by atoms with Crippen LogP contribution in [0.4, 0.5) is 0 Å². The zero-order valence-corrected chi connectivity index (χ0v) is 16.3. The Hall–Kier alpha value is -2.29. The Labute approximate surface area is 151 Å². The molecule has 0 N–H and O–H groups in total. The van der Waals surface area contributed by atoms with Crippen molar-refractivity contribution in [1.29, 1.82) is 0 Å². The Kier molecular flexibility index (Phi) is 5.56. The number of aryl methyl sites for hydroxylation is 2. The van der Waals surface area contributed by atoms with Gasteiger partial charge in [0.05, 0.1) is 7.11 Å². The lowest BCUT2D eigenvalue weighted by Crippen LogP contribution is -2.30. The second kappa shape index (κ2) is 7.30.